The van der Waals surface area contributed by atoms with Crippen molar-refractivity contribution in [3.8, 4) is 16.9 Å². The first-order valence-corrected chi connectivity index (χ1v) is 11.1. The van der Waals surface area contributed by atoms with Crippen molar-refractivity contribution in [2.75, 3.05) is 0 Å². The number of aryl methyl sites for hydroxylation is 3. The van der Waals surface area contributed by atoms with Gasteiger partial charge in [0, 0.05) is 36.3 Å². The third kappa shape index (κ3) is 6.21. The molecule has 0 aliphatic carbocycles. The molecule has 2 aromatic carbocycles. The van der Waals surface area contributed by atoms with Gasteiger partial charge < -0.3 is 4.74 Å². The van der Waals surface area contributed by atoms with Gasteiger partial charge in [-0.25, -0.2) is 0 Å². The molecule has 4 aromatic rings. The van der Waals surface area contributed by atoms with E-state index < -0.39 is 11.7 Å². The van der Waals surface area contributed by atoms with Gasteiger partial charge >= 0.3 is 6.18 Å². The minimum absolute atomic E-state index is 0.318. The summed E-state index contributed by atoms with van der Waals surface area (Å²) in [7, 11) is 0. The molecular formula is C26H25F3N4O. The highest BCUT2D eigenvalue weighted by Crippen LogP contribution is 2.31. The van der Waals surface area contributed by atoms with E-state index in [1.807, 2.05) is 29.1 Å². The molecule has 0 radical (unpaired) electrons. The molecule has 2 heterocycles. The van der Waals surface area contributed by atoms with Crippen LogP contribution in [-0.4, -0.2) is 20.0 Å². The largest absolute Gasteiger partial charge is 0.489 e. The Bertz CT molecular complexity index is 1210. The van der Waals surface area contributed by atoms with Crippen molar-refractivity contribution < 1.29 is 17.9 Å². The van der Waals surface area contributed by atoms with E-state index in [2.05, 4.69) is 28.3 Å². The molecule has 4 rings (SSSR count). The molecule has 0 unspecified atom stereocenters. The molecule has 0 amide bonds. The second-order valence-electron chi connectivity index (χ2n) is 8.16. The highest BCUT2D eigenvalue weighted by Gasteiger charge is 2.29. The molecule has 0 aliphatic rings. The Hall–Kier alpha value is -3.68. The SMILES string of the molecule is Cc1cc(OCc2cncc(-c3ccc(C(F)(F)F)cc3)c2)ccc1CCCCn1ccnn1. The summed E-state index contributed by atoms with van der Waals surface area (Å²) >= 11 is 0. The first kappa shape index (κ1) is 23.5. The Balaban J connectivity index is 1.32. The number of hydrogen-bond acceptors (Lipinski definition) is 4. The number of aromatic nitrogens is 4. The third-order valence-corrected chi connectivity index (χ3v) is 5.62. The predicted octanol–water partition coefficient (Wildman–Crippen LogP) is 6.27. The Morgan fingerprint density at radius 3 is 2.47 bits per heavy atom. The first-order valence-electron chi connectivity index (χ1n) is 11.1. The summed E-state index contributed by atoms with van der Waals surface area (Å²) in [6, 6.07) is 13.0. The van der Waals surface area contributed by atoms with Gasteiger partial charge in [0.15, 0.2) is 0 Å². The van der Waals surface area contributed by atoms with Crippen LogP contribution in [0.25, 0.3) is 11.1 Å². The number of benzene rings is 2. The Morgan fingerprint density at radius 2 is 1.76 bits per heavy atom. The zero-order valence-corrected chi connectivity index (χ0v) is 18.8. The molecule has 2 aromatic heterocycles. The van der Waals surface area contributed by atoms with Crippen LogP contribution in [0.2, 0.25) is 0 Å². The van der Waals surface area contributed by atoms with E-state index in [0.29, 0.717) is 12.2 Å². The van der Waals surface area contributed by atoms with E-state index in [1.165, 1.54) is 23.3 Å². The fourth-order valence-electron chi connectivity index (χ4n) is 3.72. The molecule has 0 atom stereocenters. The number of alkyl halides is 3. The first-order chi connectivity index (χ1) is 16.4. The molecule has 176 valence electrons. The van der Waals surface area contributed by atoms with Gasteiger partial charge in [0.05, 0.1) is 11.8 Å². The number of nitrogens with zero attached hydrogens (tertiary/aromatic N) is 4. The molecule has 0 N–H and O–H groups in total. The van der Waals surface area contributed by atoms with E-state index in [-0.39, 0.29) is 0 Å². The highest BCUT2D eigenvalue weighted by atomic mass is 19.4. The van der Waals surface area contributed by atoms with Crippen LogP contribution in [0, 0.1) is 6.92 Å². The fraction of sp³-hybridized carbons (Fsp3) is 0.269. The summed E-state index contributed by atoms with van der Waals surface area (Å²) in [6.45, 7) is 3.25. The number of ether oxygens (including phenoxy) is 1. The molecule has 8 heteroatoms. The quantitative estimate of drug-likeness (QED) is 0.273. The fourth-order valence-corrected chi connectivity index (χ4v) is 3.72. The summed E-state index contributed by atoms with van der Waals surface area (Å²) in [6.07, 6.45) is 5.61. The normalized spacial score (nSPS) is 11.5. The average molecular weight is 467 g/mol. The standard InChI is InChI=1S/C26H25F3N4O/c1-19-14-25(10-7-21(19)4-2-3-12-33-13-11-31-32-33)34-18-20-15-23(17-30-16-20)22-5-8-24(9-6-22)26(27,28)29/h5-11,13-17H,2-4,12,18H2,1H3. The van der Waals surface area contributed by atoms with Gasteiger partial charge in [-0.3, -0.25) is 9.67 Å². The van der Waals surface area contributed by atoms with E-state index in [0.717, 1.165) is 54.8 Å². The predicted molar refractivity (Wildman–Crippen MR) is 123 cm³/mol. The Morgan fingerprint density at radius 1 is 0.941 bits per heavy atom. The number of pyridine rings is 1. The molecule has 0 fully saturated rings. The molecule has 5 nitrogen and oxygen atoms in total. The van der Waals surface area contributed by atoms with Gasteiger partial charge in [-0.05, 0) is 73.2 Å². The van der Waals surface area contributed by atoms with Crippen molar-refractivity contribution in [1.29, 1.82) is 0 Å². The average Bonchev–Trinajstić information content (AvgIpc) is 3.35. The molecule has 0 saturated carbocycles. The second kappa shape index (κ2) is 10.5. The minimum Gasteiger partial charge on any atom is -0.489 e. The van der Waals surface area contributed by atoms with Crippen molar-refractivity contribution in [3.63, 3.8) is 0 Å². The van der Waals surface area contributed by atoms with Crippen LogP contribution in [-0.2, 0) is 25.7 Å². The molecule has 0 saturated heterocycles. The summed E-state index contributed by atoms with van der Waals surface area (Å²) in [4.78, 5) is 4.22. The molecular weight excluding hydrogens is 441 g/mol. The van der Waals surface area contributed by atoms with Gasteiger partial charge in [-0.1, -0.05) is 23.4 Å². The van der Waals surface area contributed by atoms with E-state index in [4.69, 9.17) is 4.74 Å². The van der Waals surface area contributed by atoms with E-state index >= 15 is 0 Å². The monoisotopic (exact) mass is 466 g/mol. The lowest BCUT2D eigenvalue weighted by Gasteiger charge is -2.11. The zero-order chi connectivity index (χ0) is 24.0. The van der Waals surface area contributed by atoms with Crippen molar-refractivity contribution in [3.05, 3.63) is 95.6 Å². The molecule has 34 heavy (non-hydrogen) atoms. The van der Waals surface area contributed by atoms with Gasteiger partial charge in [0.1, 0.15) is 12.4 Å². The second-order valence-corrected chi connectivity index (χ2v) is 8.16. The van der Waals surface area contributed by atoms with Crippen LogP contribution in [0.5, 0.6) is 5.75 Å². The zero-order valence-electron chi connectivity index (χ0n) is 18.8. The van der Waals surface area contributed by atoms with Crippen LogP contribution < -0.4 is 4.74 Å². The van der Waals surface area contributed by atoms with Crippen LogP contribution in [0.3, 0.4) is 0 Å². The number of halogens is 3. The van der Waals surface area contributed by atoms with E-state index in [1.54, 1.807) is 18.6 Å². The van der Waals surface area contributed by atoms with Crippen molar-refractivity contribution in [2.45, 2.75) is 45.5 Å². The van der Waals surface area contributed by atoms with E-state index in [9.17, 15) is 13.2 Å². The van der Waals surface area contributed by atoms with Crippen molar-refractivity contribution >= 4 is 0 Å². The molecule has 0 aliphatic heterocycles. The van der Waals surface area contributed by atoms with Crippen LogP contribution in [0.4, 0.5) is 13.2 Å². The number of hydrogen-bond donors (Lipinski definition) is 0. The van der Waals surface area contributed by atoms with Gasteiger partial charge in [0.25, 0.3) is 0 Å². The smallest absolute Gasteiger partial charge is 0.416 e. The van der Waals surface area contributed by atoms with Crippen LogP contribution in [0.1, 0.15) is 35.1 Å². The number of unbranched alkanes of at least 4 members (excludes halogenated alkanes) is 1. The summed E-state index contributed by atoms with van der Waals surface area (Å²) in [5.41, 5.74) is 4.05. The molecule has 0 spiro atoms. The number of rotatable bonds is 9. The Kier molecular flexibility index (Phi) is 7.25. The van der Waals surface area contributed by atoms with Crippen molar-refractivity contribution in [1.82, 2.24) is 20.0 Å². The minimum atomic E-state index is -4.35. The van der Waals surface area contributed by atoms with Gasteiger partial charge in [0.2, 0.25) is 0 Å². The summed E-state index contributed by atoms with van der Waals surface area (Å²) < 4.78 is 46.2. The Labute approximate surface area is 196 Å². The highest BCUT2D eigenvalue weighted by molar-refractivity contribution is 5.63. The third-order valence-electron chi connectivity index (χ3n) is 5.62. The summed E-state index contributed by atoms with van der Waals surface area (Å²) in [5.74, 6) is 0.767. The lowest BCUT2D eigenvalue weighted by Crippen LogP contribution is -2.04. The summed E-state index contributed by atoms with van der Waals surface area (Å²) in [5, 5.41) is 7.79. The maximum atomic E-state index is 12.8. The lowest BCUT2D eigenvalue weighted by molar-refractivity contribution is -0.137. The maximum Gasteiger partial charge on any atom is 0.416 e. The van der Waals surface area contributed by atoms with Gasteiger partial charge in [-0.15, -0.1) is 5.10 Å². The maximum absolute atomic E-state index is 12.8. The lowest BCUT2D eigenvalue weighted by atomic mass is 10.0. The van der Waals surface area contributed by atoms with Crippen LogP contribution in [0.15, 0.2) is 73.3 Å². The van der Waals surface area contributed by atoms with Gasteiger partial charge in [-0.2, -0.15) is 13.2 Å². The van der Waals surface area contributed by atoms with Crippen molar-refractivity contribution in [2.24, 2.45) is 0 Å². The molecule has 0 bridgehead atoms. The van der Waals surface area contributed by atoms with Crippen LogP contribution >= 0.6 is 0 Å². The topological polar surface area (TPSA) is 52.8 Å².